The Bertz CT molecular complexity index is 1210. The molecular weight excluding hydrogens is 366 g/mol. The van der Waals surface area contributed by atoms with Crippen molar-refractivity contribution >= 4 is 5.71 Å². The van der Waals surface area contributed by atoms with Crippen LogP contribution in [0.15, 0.2) is 114 Å². The molecule has 0 spiro atoms. The van der Waals surface area contributed by atoms with Crippen LogP contribution in [0, 0.1) is 0 Å². The quantitative estimate of drug-likeness (QED) is 0.412. The van der Waals surface area contributed by atoms with Gasteiger partial charge in [0, 0.05) is 11.1 Å². The topological polar surface area (TPSA) is 38.1 Å². The predicted octanol–water partition coefficient (Wildman–Crippen LogP) is 6.30. The summed E-state index contributed by atoms with van der Waals surface area (Å²) in [6.45, 7) is 0. The second-order valence-electron chi connectivity index (χ2n) is 7.26. The Balaban J connectivity index is 1.46. The minimum atomic E-state index is -0.00385. The van der Waals surface area contributed by atoms with Gasteiger partial charge in [-0.15, -0.1) is 0 Å². The fraction of sp³-hybridized carbons (Fsp3) is 0.0741. The number of hydrogen-bond donors (Lipinski definition) is 0. The highest BCUT2D eigenvalue weighted by atomic mass is 14.9. The molecule has 2 aromatic heterocycles. The van der Waals surface area contributed by atoms with Crippen LogP contribution < -0.4 is 0 Å². The van der Waals surface area contributed by atoms with E-state index in [4.69, 9.17) is 15.0 Å². The Hall–Kier alpha value is -3.85. The van der Waals surface area contributed by atoms with Crippen molar-refractivity contribution in [3.63, 3.8) is 0 Å². The summed E-state index contributed by atoms with van der Waals surface area (Å²) < 4.78 is 0. The molecule has 1 unspecified atom stereocenters. The van der Waals surface area contributed by atoms with Crippen molar-refractivity contribution in [2.24, 2.45) is 4.99 Å². The van der Waals surface area contributed by atoms with E-state index >= 15 is 0 Å². The number of allylic oxidation sites excluding steroid dienone is 1. The fourth-order valence-electron chi connectivity index (χ4n) is 3.66. The molecule has 0 aliphatic carbocycles. The van der Waals surface area contributed by atoms with E-state index in [-0.39, 0.29) is 6.04 Å². The van der Waals surface area contributed by atoms with Crippen LogP contribution in [-0.2, 0) is 0 Å². The normalized spacial score (nSPS) is 15.6. The lowest BCUT2D eigenvalue weighted by Gasteiger charge is -2.17. The van der Waals surface area contributed by atoms with Crippen LogP contribution in [0.5, 0.6) is 0 Å². The first-order valence-electron chi connectivity index (χ1n) is 10.2. The van der Waals surface area contributed by atoms with Crippen molar-refractivity contribution < 1.29 is 0 Å². The van der Waals surface area contributed by atoms with Crippen LogP contribution in [0.4, 0.5) is 0 Å². The van der Waals surface area contributed by atoms with E-state index in [2.05, 4.69) is 48.6 Å². The summed E-state index contributed by atoms with van der Waals surface area (Å²) in [5.74, 6) is 0. The summed E-state index contributed by atoms with van der Waals surface area (Å²) in [7, 11) is 0. The molecule has 1 aliphatic heterocycles. The lowest BCUT2D eigenvalue weighted by atomic mass is 10.0. The van der Waals surface area contributed by atoms with Gasteiger partial charge in [0.1, 0.15) is 0 Å². The summed E-state index contributed by atoms with van der Waals surface area (Å²) in [6.07, 6.45) is 5.07. The molecule has 0 N–H and O–H groups in total. The molecule has 0 saturated heterocycles. The molecule has 0 fully saturated rings. The van der Waals surface area contributed by atoms with Crippen LogP contribution >= 0.6 is 0 Å². The zero-order chi connectivity index (χ0) is 20.2. The van der Waals surface area contributed by atoms with Crippen molar-refractivity contribution in [2.45, 2.75) is 12.5 Å². The van der Waals surface area contributed by atoms with Crippen molar-refractivity contribution in [2.75, 3.05) is 0 Å². The molecular formula is C27H21N3. The molecule has 0 bridgehead atoms. The van der Waals surface area contributed by atoms with Crippen LogP contribution in [0.2, 0.25) is 0 Å². The second-order valence-corrected chi connectivity index (χ2v) is 7.26. The molecule has 3 nitrogen and oxygen atoms in total. The van der Waals surface area contributed by atoms with E-state index in [1.807, 2.05) is 60.7 Å². The minimum Gasteiger partial charge on any atom is -0.273 e. The molecule has 0 saturated carbocycles. The monoisotopic (exact) mass is 387 g/mol. The molecule has 3 heterocycles. The van der Waals surface area contributed by atoms with Gasteiger partial charge in [-0.1, -0.05) is 78.9 Å². The van der Waals surface area contributed by atoms with E-state index in [1.165, 1.54) is 0 Å². The van der Waals surface area contributed by atoms with Crippen LogP contribution in [0.3, 0.4) is 0 Å². The van der Waals surface area contributed by atoms with Crippen molar-refractivity contribution in [1.82, 2.24) is 9.97 Å². The van der Waals surface area contributed by atoms with E-state index < -0.39 is 0 Å². The molecule has 144 valence electrons. The number of aliphatic imine (C=N–C) groups is 1. The fourth-order valence-corrected chi connectivity index (χ4v) is 3.66. The zero-order valence-corrected chi connectivity index (χ0v) is 16.5. The average molecular weight is 387 g/mol. The summed E-state index contributed by atoms with van der Waals surface area (Å²) in [4.78, 5) is 14.8. The minimum absolute atomic E-state index is 0.00385. The van der Waals surface area contributed by atoms with Gasteiger partial charge in [0.25, 0.3) is 0 Å². The number of pyridine rings is 2. The van der Waals surface area contributed by atoms with Gasteiger partial charge in [-0.05, 0) is 36.8 Å². The maximum atomic E-state index is 5.00. The van der Waals surface area contributed by atoms with Gasteiger partial charge < -0.3 is 0 Å². The Labute approximate surface area is 176 Å². The van der Waals surface area contributed by atoms with E-state index in [1.54, 1.807) is 0 Å². The first-order valence-corrected chi connectivity index (χ1v) is 10.2. The smallest absolute Gasteiger partial charge is 0.0962 e. The van der Waals surface area contributed by atoms with Gasteiger partial charge >= 0.3 is 0 Å². The number of rotatable bonds is 4. The van der Waals surface area contributed by atoms with Gasteiger partial charge in [0.05, 0.1) is 34.5 Å². The molecule has 0 amide bonds. The standard InChI is InChI=1S/C27H21N3/c1-3-10-20(11-4-1)22-14-7-16-24(28-22)26-18-9-19-27(30-26)25-17-8-15-23(29-25)21-12-5-2-6-13-21/h1-18,27H,19H2. The molecule has 1 aliphatic rings. The summed E-state index contributed by atoms with van der Waals surface area (Å²) >= 11 is 0. The lowest BCUT2D eigenvalue weighted by molar-refractivity contribution is 0.710. The molecule has 30 heavy (non-hydrogen) atoms. The average Bonchev–Trinajstić information content (AvgIpc) is 2.85. The van der Waals surface area contributed by atoms with Gasteiger partial charge in [0.2, 0.25) is 0 Å². The highest BCUT2D eigenvalue weighted by molar-refractivity contribution is 6.08. The van der Waals surface area contributed by atoms with E-state index in [0.717, 1.165) is 46.0 Å². The summed E-state index contributed by atoms with van der Waals surface area (Å²) in [5.41, 5.74) is 6.92. The van der Waals surface area contributed by atoms with Gasteiger partial charge in [0.15, 0.2) is 0 Å². The first-order chi connectivity index (χ1) is 14.9. The number of benzene rings is 2. The highest BCUT2D eigenvalue weighted by Gasteiger charge is 2.17. The van der Waals surface area contributed by atoms with Gasteiger partial charge in [-0.3, -0.25) is 9.98 Å². The van der Waals surface area contributed by atoms with Crippen LogP contribution in [-0.4, -0.2) is 15.7 Å². The van der Waals surface area contributed by atoms with E-state index in [9.17, 15) is 0 Å². The largest absolute Gasteiger partial charge is 0.273 e. The third-order valence-electron chi connectivity index (χ3n) is 5.19. The predicted molar refractivity (Wildman–Crippen MR) is 122 cm³/mol. The maximum absolute atomic E-state index is 5.00. The SMILES string of the molecule is C1=CC(c2cccc(-c3ccccc3)n2)=NC(c2cccc(-c3ccccc3)n2)C1. The number of hydrogen-bond acceptors (Lipinski definition) is 3. The van der Waals surface area contributed by atoms with Gasteiger partial charge in [-0.2, -0.15) is 0 Å². The maximum Gasteiger partial charge on any atom is 0.0962 e. The van der Waals surface area contributed by atoms with Crippen LogP contribution in [0.25, 0.3) is 22.5 Å². The third-order valence-corrected chi connectivity index (χ3v) is 5.19. The molecule has 2 aromatic carbocycles. The van der Waals surface area contributed by atoms with E-state index in [0.29, 0.717) is 0 Å². The second kappa shape index (κ2) is 8.26. The molecule has 0 radical (unpaired) electrons. The van der Waals surface area contributed by atoms with Crippen molar-refractivity contribution in [1.29, 1.82) is 0 Å². The number of dihydropyridines is 1. The molecule has 3 heteroatoms. The number of aromatic nitrogens is 2. The Morgan fingerprint density at radius 1 is 0.567 bits per heavy atom. The molecule has 1 atom stereocenters. The number of nitrogens with zero attached hydrogens (tertiary/aromatic N) is 3. The first kappa shape index (κ1) is 18.2. The molecule has 5 rings (SSSR count). The zero-order valence-electron chi connectivity index (χ0n) is 16.5. The van der Waals surface area contributed by atoms with Crippen molar-refractivity contribution in [3.8, 4) is 22.5 Å². The Kier molecular flexibility index (Phi) is 5.01. The third kappa shape index (κ3) is 3.83. The summed E-state index contributed by atoms with van der Waals surface area (Å²) in [5, 5.41) is 0. The highest BCUT2D eigenvalue weighted by Crippen LogP contribution is 2.27. The lowest BCUT2D eigenvalue weighted by Crippen LogP contribution is -2.10. The Morgan fingerprint density at radius 3 is 1.87 bits per heavy atom. The van der Waals surface area contributed by atoms with Crippen molar-refractivity contribution in [3.05, 3.63) is 121 Å². The van der Waals surface area contributed by atoms with Crippen LogP contribution in [0.1, 0.15) is 23.9 Å². The summed E-state index contributed by atoms with van der Waals surface area (Å²) in [6, 6.07) is 32.8. The van der Waals surface area contributed by atoms with Gasteiger partial charge in [-0.25, -0.2) is 4.98 Å². The Morgan fingerprint density at radius 2 is 1.17 bits per heavy atom. The molecule has 4 aromatic rings.